The molecule has 7 heteroatoms. The number of nitrogens with zero attached hydrogens (tertiary/aromatic N) is 3. The summed E-state index contributed by atoms with van der Waals surface area (Å²) < 4.78 is 6.38. The van der Waals surface area contributed by atoms with E-state index in [1.165, 1.54) is 7.11 Å². The average Bonchev–Trinajstić information content (AvgIpc) is 2.86. The van der Waals surface area contributed by atoms with Gasteiger partial charge in [-0.1, -0.05) is 42.3 Å². The van der Waals surface area contributed by atoms with Crippen molar-refractivity contribution in [2.45, 2.75) is 26.3 Å². The second kappa shape index (κ2) is 6.45. The minimum Gasteiger partial charge on any atom is -0.464 e. The Morgan fingerprint density at radius 1 is 1.38 bits per heavy atom. The van der Waals surface area contributed by atoms with Crippen LogP contribution in [0.25, 0.3) is 0 Å². The second-order valence-corrected chi connectivity index (χ2v) is 5.71. The molecule has 0 saturated carbocycles. The summed E-state index contributed by atoms with van der Waals surface area (Å²) in [5.41, 5.74) is 1.75. The minimum atomic E-state index is -0.498. The Bertz CT molecular complexity index is 668. The Balaban J connectivity index is 2.43. The van der Waals surface area contributed by atoms with Gasteiger partial charge in [0, 0.05) is 10.0 Å². The van der Waals surface area contributed by atoms with Gasteiger partial charge in [0.1, 0.15) is 0 Å². The summed E-state index contributed by atoms with van der Waals surface area (Å²) in [5, 5.41) is 9.13. The zero-order valence-electron chi connectivity index (χ0n) is 11.9. The minimum absolute atomic E-state index is 0.0621. The highest BCUT2D eigenvalue weighted by Crippen LogP contribution is 2.24. The maximum Gasteiger partial charge on any atom is 0.360 e. The van der Waals surface area contributed by atoms with E-state index in [2.05, 4.69) is 10.3 Å². The van der Waals surface area contributed by atoms with Gasteiger partial charge in [-0.2, -0.15) is 0 Å². The first-order valence-corrected chi connectivity index (χ1v) is 7.15. The molecule has 0 spiro atoms. The van der Waals surface area contributed by atoms with E-state index in [1.807, 2.05) is 13.8 Å². The summed E-state index contributed by atoms with van der Waals surface area (Å²) in [4.78, 5) is 11.7. The van der Waals surface area contributed by atoms with E-state index < -0.39 is 5.97 Å². The van der Waals surface area contributed by atoms with E-state index in [1.54, 1.807) is 22.9 Å². The van der Waals surface area contributed by atoms with Gasteiger partial charge in [-0.25, -0.2) is 9.48 Å². The highest BCUT2D eigenvalue weighted by atomic mass is 35.5. The summed E-state index contributed by atoms with van der Waals surface area (Å²) >= 11 is 12.1. The molecule has 0 saturated heterocycles. The maximum atomic E-state index is 11.7. The van der Waals surface area contributed by atoms with Gasteiger partial charge in [0.05, 0.1) is 19.3 Å². The Kier molecular flexibility index (Phi) is 4.85. The number of methoxy groups -OCH3 is 1. The number of rotatable bonds is 4. The van der Waals surface area contributed by atoms with Crippen molar-refractivity contribution in [1.82, 2.24) is 15.0 Å². The third-order valence-electron chi connectivity index (χ3n) is 3.03. The van der Waals surface area contributed by atoms with Crippen LogP contribution in [0.15, 0.2) is 18.2 Å². The quantitative estimate of drug-likeness (QED) is 0.806. The van der Waals surface area contributed by atoms with Crippen LogP contribution in [0.5, 0.6) is 0 Å². The van der Waals surface area contributed by atoms with E-state index in [9.17, 15) is 4.79 Å². The molecular weight excluding hydrogens is 313 g/mol. The van der Waals surface area contributed by atoms with E-state index in [0.717, 1.165) is 5.56 Å². The topological polar surface area (TPSA) is 57.0 Å². The molecule has 0 unspecified atom stereocenters. The lowest BCUT2D eigenvalue weighted by molar-refractivity contribution is 0.0592. The highest BCUT2D eigenvalue weighted by molar-refractivity contribution is 6.33. The number of aromatic nitrogens is 3. The number of hydrogen-bond acceptors (Lipinski definition) is 4. The average molecular weight is 328 g/mol. The van der Waals surface area contributed by atoms with Crippen LogP contribution in [0.3, 0.4) is 0 Å². The van der Waals surface area contributed by atoms with Crippen LogP contribution in [0.4, 0.5) is 0 Å². The van der Waals surface area contributed by atoms with Crippen LogP contribution >= 0.6 is 23.2 Å². The number of halogens is 2. The molecule has 0 aliphatic rings. The predicted molar refractivity (Wildman–Crippen MR) is 81.0 cm³/mol. The van der Waals surface area contributed by atoms with Crippen molar-refractivity contribution in [3.8, 4) is 0 Å². The fourth-order valence-corrected chi connectivity index (χ4v) is 2.45. The lowest BCUT2D eigenvalue weighted by Gasteiger charge is -2.11. The van der Waals surface area contributed by atoms with Crippen molar-refractivity contribution >= 4 is 29.2 Å². The zero-order valence-corrected chi connectivity index (χ0v) is 13.4. The summed E-state index contributed by atoms with van der Waals surface area (Å²) in [6.45, 7) is 4.30. The number of hydrogen-bond donors (Lipinski definition) is 0. The molecular formula is C14H15Cl2N3O2. The van der Waals surface area contributed by atoms with E-state index in [-0.39, 0.29) is 11.6 Å². The molecule has 2 aromatic rings. The summed E-state index contributed by atoms with van der Waals surface area (Å²) in [6, 6.07) is 5.22. The molecule has 0 fully saturated rings. The van der Waals surface area contributed by atoms with E-state index in [0.29, 0.717) is 22.3 Å². The molecule has 0 bridgehead atoms. The SMILES string of the molecule is COC(=O)c1nnn(Cc2cc(Cl)ccc2Cl)c1C(C)C. The largest absolute Gasteiger partial charge is 0.464 e. The fourth-order valence-electron chi connectivity index (χ4n) is 2.08. The van der Waals surface area contributed by atoms with Crippen LogP contribution in [0, 0.1) is 0 Å². The molecule has 1 aromatic carbocycles. The van der Waals surface area contributed by atoms with Gasteiger partial charge in [0.15, 0.2) is 5.69 Å². The Morgan fingerprint density at radius 3 is 2.71 bits per heavy atom. The first kappa shape index (κ1) is 15.8. The molecule has 2 rings (SSSR count). The molecule has 0 N–H and O–H groups in total. The predicted octanol–water partition coefficient (Wildman–Crippen LogP) is 3.54. The van der Waals surface area contributed by atoms with Crippen molar-refractivity contribution in [3.63, 3.8) is 0 Å². The maximum absolute atomic E-state index is 11.7. The van der Waals surface area contributed by atoms with Crippen LogP contribution in [-0.4, -0.2) is 28.1 Å². The molecule has 1 aromatic heterocycles. The Hall–Kier alpha value is -1.59. The van der Waals surface area contributed by atoms with Gasteiger partial charge < -0.3 is 4.74 Å². The molecule has 5 nitrogen and oxygen atoms in total. The van der Waals surface area contributed by atoms with Crippen molar-refractivity contribution in [2.24, 2.45) is 0 Å². The lowest BCUT2D eigenvalue weighted by Crippen LogP contribution is -2.12. The monoisotopic (exact) mass is 327 g/mol. The van der Waals surface area contributed by atoms with E-state index in [4.69, 9.17) is 27.9 Å². The molecule has 0 aliphatic heterocycles. The Labute approximate surface area is 132 Å². The molecule has 0 atom stereocenters. The van der Waals surface area contributed by atoms with Gasteiger partial charge in [0.25, 0.3) is 0 Å². The molecule has 0 radical (unpaired) electrons. The zero-order chi connectivity index (χ0) is 15.6. The van der Waals surface area contributed by atoms with Crippen LogP contribution in [0.2, 0.25) is 10.0 Å². The van der Waals surface area contributed by atoms with Gasteiger partial charge in [0.2, 0.25) is 0 Å². The molecule has 1 heterocycles. The fraction of sp³-hybridized carbons (Fsp3) is 0.357. The van der Waals surface area contributed by atoms with Crippen molar-refractivity contribution in [3.05, 3.63) is 45.2 Å². The van der Waals surface area contributed by atoms with E-state index >= 15 is 0 Å². The third-order valence-corrected chi connectivity index (χ3v) is 3.63. The highest BCUT2D eigenvalue weighted by Gasteiger charge is 2.23. The standard InChI is InChI=1S/C14H15Cl2N3O2/c1-8(2)13-12(14(20)21-3)17-18-19(13)7-9-6-10(15)4-5-11(9)16/h4-6,8H,7H2,1-3H3. The number of carbonyl (C=O) groups is 1. The first-order valence-electron chi connectivity index (χ1n) is 6.39. The summed E-state index contributed by atoms with van der Waals surface area (Å²) in [5.74, 6) is -0.436. The van der Waals surface area contributed by atoms with Crippen molar-refractivity contribution < 1.29 is 9.53 Å². The number of carbonyl (C=O) groups excluding carboxylic acids is 1. The number of ether oxygens (including phenoxy) is 1. The molecule has 0 amide bonds. The molecule has 0 aliphatic carbocycles. The first-order chi connectivity index (χ1) is 9.93. The number of benzene rings is 1. The lowest BCUT2D eigenvalue weighted by atomic mass is 10.1. The Morgan fingerprint density at radius 2 is 2.10 bits per heavy atom. The van der Waals surface area contributed by atoms with Gasteiger partial charge in [-0.3, -0.25) is 0 Å². The normalized spacial score (nSPS) is 11.0. The van der Waals surface area contributed by atoms with Crippen molar-refractivity contribution in [1.29, 1.82) is 0 Å². The van der Waals surface area contributed by atoms with Crippen LogP contribution in [0.1, 0.15) is 41.5 Å². The smallest absolute Gasteiger partial charge is 0.360 e. The third kappa shape index (κ3) is 3.36. The second-order valence-electron chi connectivity index (χ2n) is 4.86. The molecule has 21 heavy (non-hydrogen) atoms. The summed E-state index contributed by atoms with van der Waals surface area (Å²) in [6.07, 6.45) is 0. The van der Waals surface area contributed by atoms with Gasteiger partial charge in [-0.05, 0) is 29.7 Å². The molecule has 112 valence electrons. The number of esters is 1. The van der Waals surface area contributed by atoms with Crippen LogP contribution in [-0.2, 0) is 11.3 Å². The van der Waals surface area contributed by atoms with Gasteiger partial charge >= 0.3 is 5.97 Å². The summed E-state index contributed by atoms with van der Waals surface area (Å²) in [7, 11) is 1.32. The van der Waals surface area contributed by atoms with Gasteiger partial charge in [-0.15, -0.1) is 5.10 Å². The van der Waals surface area contributed by atoms with Crippen LogP contribution < -0.4 is 0 Å². The van der Waals surface area contributed by atoms with Crippen molar-refractivity contribution in [2.75, 3.05) is 7.11 Å².